The summed E-state index contributed by atoms with van der Waals surface area (Å²) < 4.78 is 57.3. The third kappa shape index (κ3) is 2.93. The highest BCUT2D eigenvalue weighted by Gasteiger charge is 2.27. The van der Waals surface area contributed by atoms with Crippen molar-refractivity contribution >= 4 is 21.4 Å². The van der Waals surface area contributed by atoms with Crippen LogP contribution in [0.4, 0.5) is 8.78 Å². The molecule has 2 aromatic heterocycles. The maximum Gasteiger partial charge on any atom is 0.285 e. The number of halogens is 2. The van der Waals surface area contributed by atoms with E-state index in [1.165, 1.54) is 7.11 Å². The van der Waals surface area contributed by atoms with E-state index in [1.54, 1.807) is 5.38 Å². The Morgan fingerprint density at radius 1 is 1.45 bits per heavy atom. The lowest BCUT2D eigenvalue weighted by Crippen LogP contribution is -2.06. The lowest BCUT2D eigenvalue weighted by atomic mass is 10.3. The van der Waals surface area contributed by atoms with Crippen LogP contribution >= 0.6 is 11.5 Å². The van der Waals surface area contributed by atoms with E-state index in [-0.39, 0.29) is 6.54 Å². The predicted octanol–water partition coefficient (Wildman–Crippen LogP) is 1.13. The minimum Gasteiger partial charge on any atom is -0.480 e. The Kier molecular flexibility index (Phi) is 3.99. The summed E-state index contributed by atoms with van der Waals surface area (Å²) in [6.07, 6.45) is -2.21. The molecule has 2 aromatic rings. The number of hydrogen-bond acceptors (Lipinski definition) is 7. The molecule has 11 heteroatoms. The first-order chi connectivity index (χ1) is 9.32. The summed E-state index contributed by atoms with van der Waals surface area (Å²) in [5.74, 6) is 0.326. The SMILES string of the molecule is COc1nscc1Cn1nc(C(F)F)c(S(C)(=O)=O)n1. The van der Waals surface area contributed by atoms with Crippen LogP contribution < -0.4 is 4.74 Å². The van der Waals surface area contributed by atoms with Crippen LogP contribution in [0.15, 0.2) is 10.4 Å². The van der Waals surface area contributed by atoms with E-state index in [9.17, 15) is 17.2 Å². The number of hydrogen-bond donors (Lipinski definition) is 0. The summed E-state index contributed by atoms with van der Waals surface area (Å²) >= 11 is 1.12. The van der Waals surface area contributed by atoms with Crippen LogP contribution in [0.25, 0.3) is 0 Å². The van der Waals surface area contributed by atoms with Gasteiger partial charge in [-0.3, -0.25) is 0 Å². The molecule has 0 amide bonds. The summed E-state index contributed by atoms with van der Waals surface area (Å²) in [5.41, 5.74) is -0.275. The number of alkyl halides is 2. The van der Waals surface area contributed by atoms with Gasteiger partial charge in [0.25, 0.3) is 6.43 Å². The van der Waals surface area contributed by atoms with Crippen molar-refractivity contribution in [3.8, 4) is 5.88 Å². The lowest BCUT2D eigenvalue weighted by molar-refractivity contribution is 0.141. The zero-order chi connectivity index (χ0) is 14.9. The standard InChI is InChI=1S/C9H10F2N4O3S2/c1-18-8-5(4-19-14-8)3-15-12-6(7(10)11)9(13-15)20(2,16)17/h4,7H,3H2,1-2H3. The Morgan fingerprint density at radius 2 is 2.15 bits per heavy atom. The van der Waals surface area contributed by atoms with Gasteiger partial charge in [-0.1, -0.05) is 0 Å². The Labute approximate surface area is 117 Å². The van der Waals surface area contributed by atoms with Gasteiger partial charge in [0.2, 0.25) is 10.9 Å². The van der Waals surface area contributed by atoms with E-state index in [0.717, 1.165) is 22.6 Å². The average Bonchev–Trinajstić information content (AvgIpc) is 2.95. The van der Waals surface area contributed by atoms with E-state index < -0.39 is 27.0 Å². The minimum atomic E-state index is -3.87. The van der Waals surface area contributed by atoms with Crippen LogP contribution in [0.2, 0.25) is 0 Å². The molecule has 0 aromatic carbocycles. The van der Waals surface area contributed by atoms with Crippen molar-refractivity contribution in [3.05, 3.63) is 16.6 Å². The molecule has 0 atom stereocenters. The van der Waals surface area contributed by atoms with E-state index in [2.05, 4.69) is 14.6 Å². The molecule has 0 radical (unpaired) electrons. The van der Waals surface area contributed by atoms with E-state index in [4.69, 9.17) is 4.74 Å². The van der Waals surface area contributed by atoms with Gasteiger partial charge >= 0.3 is 0 Å². The molecule has 0 bridgehead atoms. The third-order valence-corrected chi connectivity index (χ3v) is 3.97. The van der Waals surface area contributed by atoms with Crippen LogP contribution in [0, 0.1) is 0 Å². The number of rotatable bonds is 5. The number of methoxy groups -OCH3 is 1. The molecule has 0 unspecified atom stereocenters. The van der Waals surface area contributed by atoms with Gasteiger partial charge in [-0.05, 0) is 11.5 Å². The zero-order valence-corrected chi connectivity index (χ0v) is 12.1. The van der Waals surface area contributed by atoms with Crippen LogP contribution in [-0.2, 0) is 16.4 Å². The number of nitrogens with zero attached hydrogens (tertiary/aromatic N) is 4. The smallest absolute Gasteiger partial charge is 0.285 e. The van der Waals surface area contributed by atoms with Gasteiger partial charge in [0.05, 0.1) is 13.7 Å². The Hall–Kier alpha value is -1.62. The summed E-state index contributed by atoms with van der Waals surface area (Å²) in [6, 6.07) is 0. The van der Waals surface area contributed by atoms with Crippen LogP contribution in [-0.4, -0.2) is 41.2 Å². The molecule has 0 aliphatic carbocycles. The highest BCUT2D eigenvalue weighted by atomic mass is 32.2. The molecule has 20 heavy (non-hydrogen) atoms. The van der Waals surface area contributed by atoms with Crippen molar-refractivity contribution in [1.82, 2.24) is 19.4 Å². The molecule has 0 aliphatic heterocycles. The molecule has 0 saturated carbocycles. The van der Waals surface area contributed by atoms with Gasteiger partial charge in [-0.25, -0.2) is 17.2 Å². The Morgan fingerprint density at radius 3 is 2.65 bits per heavy atom. The fourth-order valence-corrected chi connectivity index (χ4v) is 2.89. The largest absolute Gasteiger partial charge is 0.480 e. The Balaban J connectivity index is 2.39. The fourth-order valence-electron chi connectivity index (χ4n) is 1.49. The van der Waals surface area contributed by atoms with Gasteiger partial charge in [0.1, 0.15) is 0 Å². The first kappa shape index (κ1) is 14.8. The van der Waals surface area contributed by atoms with Crippen molar-refractivity contribution in [3.63, 3.8) is 0 Å². The molecule has 0 fully saturated rings. The van der Waals surface area contributed by atoms with Gasteiger partial charge in [-0.15, -0.1) is 5.10 Å². The van der Waals surface area contributed by atoms with Crippen molar-refractivity contribution in [2.45, 2.75) is 18.0 Å². The third-order valence-electron chi connectivity index (χ3n) is 2.32. The molecule has 7 nitrogen and oxygen atoms in total. The van der Waals surface area contributed by atoms with Crippen LogP contribution in [0.1, 0.15) is 17.7 Å². The van der Waals surface area contributed by atoms with Gasteiger partial charge in [-0.2, -0.15) is 14.3 Å². The lowest BCUT2D eigenvalue weighted by Gasteiger charge is -1.99. The van der Waals surface area contributed by atoms with Crippen molar-refractivity contribution in [2.75, 3.05) is 13.4 Å². The zero-order valence-electron chi connectivity index (χ0n) is 10.4. The van der Waals surface area contributed by atoms with Crippen molar-refractivity contribution in [1.29, 1.82) is 0 Å². The highest BCUT2D eigenvalue weighted by molar-refractivity contribution is 7.90. The number of aromatic nitrogens is 4. The molecule has 0 aliphatic rings. The highest BCUT2D eigenvalue weighted by Crippen LogP contribution is 2.24. The molecule has 2 rings (SSSR count). The molecule has 110 valence electrons. The van der Waals surface area contributed by atoms with E-state index >= 15 is 0 Å². The summed E-state index contributed by atoms with van der Waals surface area (Å²) in [7, 11) is -2.45. The summed E-state index contributed by atoms with van der Waals surface area (Å²) in [4.78, 5) is 0.893. The van der Waals surface area contributed by atoms with Crippen LogP contribution in [0.3, 0.4) is 0 Å². The summed E-state index contributed by atoms with van der Waals surface area (Å²) in [6.45, 7) is -0.00505. The normalized spacial score (nSPS) is 12.1. The van der Waals surface area contributed by atoms with Gasteiger partial charge in [0.15, 0.2) is 15.5 Å². The monoisotopic (exact) mass is 324 g/mol. The number of sulfone groups is 1. The second-order valence-corrected chi connectivity index (χ2v) is 6.40. The number of ether oxygens (including phenoxy) is 1. The van der Waals surface area contributed by atoms with Crippen molar-refractivity contribution in [2.24, 2.45) is 0 Å². The van der Waals surface area contributed by atoms with E-state index in [0.29, 0.717) is 11.4 Å². The summed E-state index contributed by atoms with van der Waals surface area (Å²) in [5, 5.41) is 8.07. The topological polar surface area (TPSA) is 87.0 Å². The second-order valence-electron chi connectivity index (χ2n) is 3.84. The molecular weight excluding hydrogens is 314 g/mol. The first-order valence-corrected chi connectivity index (χ1v) is 7.96. The average molecular weight is 324 g/mol. The predicted molar refractivity (Wildman–Crippen MR) is 65.9 cm³/mol. The molecule has 0 spiro atoms. The molecule has 0 saturated heterocycles. The minimum absolute atomic E-state index is 0.00505. The van der Waals surface area contributed by atoms with E-state index in [1.807, 2.05) is 0 Å². The maximum atomic E-state index is 12.8. The molecule has 2 heterocycles. The van der Waals surface area contributed by atoms with Gasteiger partial charge < -0.3 is 4.74 Å². The first-order valence-electron chi connectivity index (χ1n) is 5.23. The second kappa shape index (κ2) is 5.40. The molecular formula is C9H10F2N4O3S2. The quantitative estimate of drug-likeness (QED) is 0.819. The molecule has 0 N–H and O–H groups in total. The van der Waals surface area contributed by atoms with Gasteiger partial charge in [0, 0.05) is 17.2 Å². The Bertz CT molecular complexity index is 711. The fraction of sp³-hybridized carbons (Fsp3) is 0.444. The van der Waals surface area contributed by atoms with Crippen molar-refractivity contribution < 1.29 is 21.9 Å². The van der Waals surface area contributed by atoms with Crippen LogP contribution in [0.5, 0.6) is 5.88 Å². The maximum absolute atomic E-state index is 12.8.